The first kappa shape index (κ1) is 10.9. The van der Waals surface area contributed by atoms with Crippen molar-refractivity contribution < 1.29 is 14.6 Å². The van der Waals surface area contributed by atoms with Gasteiger partial charge in [0.15, 0.2) is 0 Å². The quantitative estimate of drug-likeness (QED) is 0.498. The van der Waals surface area contributed by atoms with Crippen molar-refractivity contribution in [1.82, 2.24) is 0 Å². The molecular weight excluding hydrogens is 158 g/mol. The number of rotatable bonds is 4. The van der Waals surface area contributed by atoms with Gasteiger partial charge in [-0.25, -0.2) is 11.4 Å². The lowest BCUT2D eigenvalue weighted by atomic mass is 10.1. The Morgan fingerprint density at radius 2 is 2.25 bits per heavy atom. The topological polar surface area (TPSA) is 50.9 Å². The van der Waals surface area contributed by atoms with Crippen molar-refractivity contribution in [1.29, 1.82) is 0 Å². The predicted molar refractivity (Wildman–Crippen MR) is 43.3 cm³/mol. The average molecular weight is 171 g/mol. The summed E-state index contributed by atoms with van der Waals surface area (Å²) >= 11 is 0. The second-order valence-electron chi connectivity index (χ2n) is 3.10. The summed E-state index contributed by atoms with van der Waals surface area (Å²) in [5, 5.41) is 9.21. The fraction of sp³-hybridized carbons (Fsp3) is 0.750. The number of aliphatic hydroxyl groups is 1. The molecule has 4 heteroatoms. The number of carbonyl (C=O) groups excluding carboxylic acids is 1. The van der Waals surface area contributed by atoms with E-state index in [1.165, 1.54) is 0 Å². The van der Waals surface area contributed by atoms with Crippen LogP contribution in [0.5, 0.6) is 0 Å². The van der Waals surface area contributed by atoms with E-state index in [-0.39, 0.29) is 13.2 Å². The molecule has 0 aliphatic heterocycles. The van der Waals surface area contributed by atoms with Gasteiger partial charge in [0.05, 0.1) is 12.2 Å². The van der Waals surface area contributed by atoms with E-state index in [1.807, 2.05) is 0 Å². The van der Waals surface area contributed by atoms with Crippen molar-refractivity contribution in [3.63, 3.8) is 0 Å². The average Bonchev–Trinajstić information content (AvgIpc) is 1.84. The van der Waals surface area contributed by atoms with Crippen LogP contribution in [0.25, 0.3) is 4.85 Å². The Labute approximate surface area is 72.0 Å². The van der Waals surface area contributed by atoms with Crippen LogP contribution in [-0.4, -0.2) is 29.8 Å². The monoisotopic (exact) mass is 171 g/mol. The molecule has 4 nitrogen and oxygen atoms in total. The second-order valence-corrected chi connectivity index (χ2v) is 3.10. The molecule has 0 aromatic carbocycles. The highest BCUT2D eigenvalue weighted by atomic mass is 16.5. The third-order valence-electron chi connectivity index (χ3n) is 1.19. The second kappa shape index (κ2) is 4.73. The van der Waals surface area contributed by atoms with Gasteiger partial charge in [-0.15, -0.1) is 0 Å². The fourth-order valence-corrected chi connectivity index (χ4v) is 0.525. The van der Waals surface area contributed by atoms with Gasteiger partial charge in [-0.1, -0.05) is 0 Å². The van der Waals surface area contributed by atoms with E-state index in [4.69, 9.17) is 6.57 Å². The zero-order valence-electron chi connectivity index (χ0n) is 7.33. The van der Waals surface area contributed by atoms with Crippen LogP contribution >= 0.6 is 0 Å². The Bertz CT molecular complexity index is 187. The highest BCUT2D eigenvalue weighted by Crippen LogP contribution is 2.06. The number of hydrogen-bond donors (Lipinski definition) is 1. The molecule has 1 N–H and O–H groups in total. The molecule has 0 bridgehead atoms. The van der Waals surface area contributed by atoms with Crippen molar-refractivity contribution in [2.24, 2.45) is 0 Å². The van der Waals surface area contributed by atoms with Crippen LogP contribution in [0, 0.1) is 6.57 Å². The molecular formula is C8H13NO3. The summed E-state index contributed by atoms with van der Waals surface area (Å²) in [4.78, 5) is 13.5. The van der Waals surface area contributed by atoms with Gasteiger partial charge >= 0.3 is 12.5 Å². The highest BCUT2D eigenvalue weighted by Gasteiger charge is 2.13. The van der Waals surface area contributed by atoms with Crippen LogP contribution in [0.15, 0.2) is 0 Å². The van der Waals surface area contributed by atoms with E-state index in [9.17, 15) is 9.90 Å². The number of esters is 1. The van der Waals surface area contributed by atoms with Crippen LogP contribution in [0.3, 0.4) is 0 Å². The van der Waals surface area contributed by atoms with Crippen molar-refractivity contribution >= 4 is 5.97 Å². The molecule has 0 rings (SSSR count). The molecule has 0 radical (unpaired) electrons. The van der Waals surface area contributed by atoms with Crippen LogP contribution in [-0.2, 0) is 9.53 Å². The number of ether oxygens (including phenoxy) is 1. The van der Waals surface area contributed by atoms with Gasteiger partial charge in [-0.05, 0) is 13.8 Å². The molecule has 0 saturated carbocycles. The van der Waals surface area contributed by atoms with Crippen LogP contribution in [0.1, 0.15) is 20.3 Å². The molecule has 0 heterocycles. The van der Waals surface area contributed by atoms with Crippen molar-refractivity contribution in [3.05, 3.63) is 11.4 Å². The smallest absolute Gasteiger partial charge is 0.387 e. The Hall–Kier alpha value is -1.08. The molecule has 0 aliphatic carbocycles. The molecule has 0 fully saturated rings. The maximum absolute atomic E-state index is 10.6. The first-order valence-corrected chi connectivity index (χ1v) is 3.67. The lowest BCUT2D eigenvalue weighted by Gasteiger charge is -2.15. The van der Waals surface area contributed by atoms with E-state index in [2.05, 4.69) is 9.58 Å². The first-order valence-electron chi connectivity index (χ1n) is 3.67. The third-order valence-corrected chi connectivity index (χ3v) is 1.19. The summed E-state index contributed by atoms with van der Waals surface area (Å²) in [6, 6.07) is 0. The largest absolute Gasteiger partial charge is 0.460 e. The van der Waals surface area contributed by atoms with E-state index >= 15 is 0 Å². The molecule has 0 aliphatic rings. The summed E-state index contributed by atoms with van der Waals surface area (Å²) in [5.74, 6) is -0.533. The molecule has 0 unspecified atom stereocenters. The third kappa shape index (κ3) is 7.03. The van der Waals surface area contributed by atoms with Crippen molar-refractivity contribution in [3.8, 4) is 0 Å². The summed E-state index contributed by atoms with van der Waals surface area (Å²) in [5.41, 5.74) is -0.821. The minimum atomic E-state index is -0.821. The minimum Gasteiger partial charge on any atom is -0.460 e. The summed E-state index contributed by atoms with van der Waals surface area (Å²) < 4.78 is 4.65. The number of carbonyl (C=O) groups is 1. The van der Waals surface area contributed by atoms with Gasteiger partial charge in [0.2, 0.25) is 0 Å². The van der Waals surface area contributed by atoms with Gasteiger partial charge in [-0.3, -0.25) is 0 Å². The lowest BCUT2D eigenvalue weighted by molar-refractivity contribution is -0.142. The molecule has 12 heavy (non-hydrogen) atoms. The molecule has 0 aromatic rings. The van der Waals surface area contributed by atoms with Gasteiger partial charge in [0.25, 0.3) is 0 Å². The standard InChI is InChI=1S/C8H13NO3/c1-8(2,11)4-5-12-7(10)6-9-3/h11H,4-6H2,1-2H3. The Morgan fingerprint density at radius 1 is 1.67 bits per heavy atom. The van der Waals surface area contributed by atoms with Gasteiger partial charge < -0.3 is 14.7 Å². The lowest BCUT2D eigenvalue weighted by Crippen LogP contribution is -2.22. The van der Waals surface area contributed by atoms with Gasteiger partial charge in [-0.2, -0.15) is 0 Å². The van der Waals surface area contributed by atoms with Crippen molar-refractivity contribution in [2.75, 3.05) is 13.2 Å². The van der Waals surface area contributed by atoms with E-state index in [1.54, 1.807) is 13.8 Å². The molecule has 68 valence electrons. The van der Waals surface area contributed by atoms with E-state index in [0.29, 0.717) is 6.42 Å². The Balaban J connectivity index is 3.45. The number of hydrogen-bond acceptors (Lipinski definition) is 3. The zero-order chi connectivity index (χ0) is 9.61. The van der Waals surface area contributed by atoms with Crippen LogP contribution in [0.4, 0.5) is 0 Å². The highest BCUT2D eigenvalue weighted by molar-refractivity contribution is 5.73. The van der Waals surface area contributed by atoms with E-state index < -0.39 is 11.6 Å². The predicted octanol–water partition coefficient (Wildman–Crippen LogP) is 0.610. The fourth-order valence-electron chi connectivity index (χ4n) is 0.525. The maximum atomic E-state index is 10.6. The van der Waals surface area contributed by atoms with E-state index in [0.717, 1.165) is 0 Å². The Kier molecular flexibility index (Phi) is 4.30. The summed E-state index contributed by atoms with van der Waals surface area (Å²) in [7, 11) is 0. The zero-order valence-corrected chi connectivity index (χ0v) is 7.33. The van der Waals surface area contributed by atoms with Gasteiger partial charge in [0, 0.05) is 6.42 Å². The maximum Gasteiger partial charge on any atom is 0.387 e. The summed E-state index contributed by atoms with van der Waals surface area (Å²) in [6.45, 7) is 9.56. The molecule has 0 atom stereocenters. The number of nitrogens with zero attached hydrogens (tertiary/aromatic N) is 1. The van der Waals surface area contributed by atoms with Crippen molar-refractivity contribution in [2.45, 2.75) is 25.9 Å². The summed E-state index contributed by atoms with van der Waals surface area (Å²) in [6.07, 6.45) is 0.386. The molecule has 0 amide bonds. The molecule has 0 saturated heterocycles. The van der Waals surface area contributed by atoms with Crippen LogP contribution in [0.2, 0.25) is 0 Å². The molecule has 0 aromatic heterocycles. The normalized spacial score (nSPS) is 10.5. The first-order chi connectivity index (χ1) is 5.45. The van der Waals surface area contributed by atoms with Gasteiger partial charge in [0.1, 0.15) is 0 Å². The Morgan fingerprint density at radius 3 is 2.67 bits per heavy atom. The molecule has 0 spiro atoms. The van der Waals surface area contributed by atoms with Crippen LogP contribution < -0.4 is 0 Å². The minimum absolute atomic E-state index is 0.165. The SMILES string of the molecule is [C-]#[N+]CC(=O)OCCC(C)(C)O.